The average Bonchev–Trinajstić information content (AvgIpc) is 2.92. The van der Waals surface area contributed by atoms with E-state index in [0.717, 1.165) is 17.3 Å². The fourth-order valence-electron chi connectivity index (χ4n) is 1.88. The zero-order valence-corrected chi connectivity index (χ0v) is 14.0. The molecule has 1 atom stereocenters. The Labute approximate surface area is 148 Å². The summed E-state index contributed by atoms with van der Waals surface area (Å²) in [5.41, 5.74) is 0.796. The van der Waals surface area contributed by atoms with E-state index in [1.165, 1.54) is 6.21 Å². The SMILES string of the molecule is N#CCCCOc1ccc(C=NN=C2NC(=O)C(CC(=O)O)S2)cc1. The molecule has 2 rings (SSSR count). The number of nitriles is 1. The van der Waals surface area contributed by atoms with Gasteiger partial charge in [-0.15, -0.1) is 5.10 Å². The number of thioether (sulfide) groups is 1. The molecule has 1 aliphatic heterocycles. The third-order valence-electron chi connectivity index (χ3n) is 3.07. The van der Waals surface area contributed by atoms with Crippen molar-refractivity contribution in [1.82, 2.24) is 5.32 Å². The van der Waals surface area contributed by atoms with E-state index in [1.54, 1.807) is 24.3 Å². The summed E-state index contributed by atoms with van der Waals surface area (Å²) in [4.78, 5) is 22.2. The van der Waals surface area contributed by atoms with Crippen LogP contribution in [0, 0.1) is 11.3 Å². The predicted octanol–water partition coefficient (Wildman–Crippen LogP) is 1.77. The van der Waals surface area contributed by atoms with E-state index in [2.05, 4.69) is 21.6 Å². The quantitative estimate of drug-likeness (QED) is 0.413. The number of hydrogen-bond acceptors (Lipinski definition) is 7. The molecule has 1 amide bonds. The van der Waals surface area contributed by atoms with E-state index < -0.39 is 11.2 Å². The molecule has 0 radical (unpaired) electrons. The zero-order chi connectivity index (χ0) is 18.1. The molecule has 0 aromatic heterocycles. The molecular weight excluding hydrogens is 344 g/mol. The number of amides is 1. The Balaban J connectivity index is 1.84. The Morgan fingerprint density at radius 1 is 1.44 bits per heavy atom. The molecule has 1 saturated heterocycles. The summed E-state index contributed by atoms with van der Waals surface area (Å²) < 4.78 is 5.48. The zero-order valence-electron chi connectivity index (χ0n) is 13.2. The molecule has 0 saturated carbocycles. The molecule has 8 nitrogen and oxygen atoms in total. The lowest BCUT2D eigenvalue weighted by molar-refractivity contribution is -0.138. The lowest BCUT2D eigenvalue weighted by Gasteiger charge is -2.04. The van der Waals surface area contributed by atoms with Gasteiger partial charge in [0.25, 0.3) is 0 Å². The lowest BCUT2D eigenvalue weighted by atomic mass is 10.2. The molecule has 2 N–H and O–H groups in total. The van der Waals surface area contributed by atoms with Gasteiger partial charge in [-0.25, -0.2) is 0 Å². The number of carbonyl (C=O) groups excluding carboxylic acids is 1. The van der Waals surface area contributed by atoms with E-state index in [9.17, 15) is 9.59 Å². The Kier molecular flexibility index (Phi) is 6.98. The van der Waals surface area contributed by atoms with E-state index in [1.807, 2.05) is 0 Å². The van der Waals surface area contributed by atoms with Crippen LogP contribution in [0.1, 0.15) is 24.8 Å². The summed E-state index contributed by atoms with van der Waals surface area (Å²) in [5, 5.41) is 27.0. The van der Waals surface area contributed by atoms with Crippen molar-refractivity contribution in [3.8, 4) is 11.8 Å². The Morgan fingerprint density at radius 3 is 2.88 bits per heavy atom. The number of aliphatic carboxylic acids is 1. The summed E-state index contributed by atoms with van der Waals surface area (Å²) in [6, 6.07) is 9.24. The van der Waals surface area contributed by atoms with Crippen LogP contribution in [-0.2, 0) is 9.59 Å². The molecule has 9 heteroatoms. The molecule has 1 aromatic rings. The Bertz CT molecular complexity index is 725. The monoisotopic (exact) mass is 360 g/mol. The van der Waals surface area contributed by atoms with Crippen LogP contribution in [0.25, 0.3) is 0 Å². The van der Waals surface area contributed by atoms with Gasteiger partial charge in [0.1, 0.15) is 11.0 Å². The highest BCUT2D eigenvalue weighted by Crippen LogP contribution is 2.22. The fraction of sp³-hybridized carbons (Fsp3) is 0.312. The highest BCUT2D eigenvalue weighted by atomic mass is 32.2. The molecule has 1 unspecified atom stereocenters. The normalized spacial score (nSPS) is 18.3. The molecule has 25 heavy (non-hydrogen) atoms. The number of hydrogen-bond donors (Lipinski definition) is 2. The van der Waals surface area contributed by atoms with Crippen molar-refractivity contribution < 1.29 is 19.4 Å². The largest absolute Gasteiger partial charge is 0.494 e. The Morgan fingerprint density at radius 2 is 2.20 bits per heavy atom. The van der Waals surface area contributed by atoms with Crippen molar-refractivity contribution in [2.75, 3.05) is 6.61 Å². The topological polar surface area (TPSA) is 124 Å². The minimum Gasteiger partial charge on any atom is -0.494 e. The first-order valence-electron chi connectivity index (χ1n) is 7.48. The minimum absolute atomic E-state index is 0.255. The maximum absolute atomic E-state index is 11.6. The van der Waals surface area contributed by atoms with Crippen LogP contribution < -0.4 is 10.1 Å². The van der Waals surface area contributed by atoms with Crippen LogP contribution in [0.2, 0.25) is 0 Å². The number of amidine groups is 1. The lowest BCUT2D eigenvalue weighted by Crippen LogP contribution is -2.26. The number of carboxylic acids is 1. The van der Waals surface area contributed by atoms with Gasteiger partial charge in [-0.2, -0.15) is 10.4 Å². The molecule has 0 aliphatic carbocycles. The first-order valence-corrected chi connectivity index (χ1v) is 8.36. The average molecular weight is 360 g/mol. The van der Waals surface area contributed by atoms with E-state index >= 15 is 0 Å². The summed E-state index contributed by atoms with van der Waals surface area (Å²) in [5.74, 6) is -0.705. The number of rotatable bonds is 8. The van der Waals surface area contributed by atoms with Gasteiger partial charge in [0.05, 0.1) is 25.3 Å². The molecule has 130 valence electrons. The van der Waals surface area contributed by atoms with Crippen molar-refractivity contribution >= 4 is 35.0 Å². The van der Waals surface area contributed by atoms with Crippen molar-refractivity contribution in [1.29, 1.82) is 5.26 Å². The third kappa shape index (κ3) is 6.27. The van der Waals surface area contributed by atoms with Crippen molar-refractivity contribution in [2.45, 2.75) is 24.5 Å². The van der Waals surface area contributed by atoms with Crippen molar-refractivity contribution in [3.63, 3.8) is 0 Å². The first kappa shape index (κ1) is 18.5. The van der Waals surface area contributed by atoms with E-state index in [-0.39, 0.29) is 17.5 Å². The third-order valence-corrected chi connectivity index (χ3v) is 4.15. The van der Waals surface area contributed by atoms with E-state index in [0.29, 0.717) is 25.2 Å². The number of carboxylic acid groups (broad SMARTS) is 1. The summed E-state index contributed by atoms with van der Waals surface area (Å²) in [6.45, 7) is 0.489. The van der Waals surface area contributed by atoms with Gasteiger partial charge in [-0.3, -0.25) is 9.59 Å². The van der Waals surface area contributed by atoms with Gasteiger partial charge in [-0.1, -0.05) is 11.8 Å². The van der Waals surface area contributed by atoms with Crippen LogP contribution in [0.15, 0.2) is 34.5 Å². The second kappa shape index (κ2) is 9.44. The molecule has 0 spiro atoms. The molecular formula is C16H16N4O4S. The first-order chi connectivity index (χ1) is 12.1. The Hall–Kier alpha value is -2.86. The van der Waals surface area contributed by atoms with Crippen molar-refractivity contribution in [2.24, 2.45) is 10.2 Å². The van der Waals surface area contributed by atoms with Gasteiger partial charge >= 0.3 is 5.97 Å². The number of benzene rings is 1. The highest BCUT2D eigenvalue weighted by Gasteiger charge is 2.32. The smallest absolute Gasteiger partial charge is 0.305 e. The molecule has 1 aliphatic rings. The molecule has 1 heterocycles. The fourth-order valence-corrected chi connectivity index (χ4v) is 2.80. The number of carbonyl (C=O) groups is 2. The number of unbranched alkanes of at least 4 members (excludes halogenated alkanes) is 1. The van der Waals surface area contributed by atoms with Gasteiger partial charge in [-0.05, 0) is 36.2 Å². The minimum atomic E-state index is -1.03. The van der Waals surface area contributed by atoms with E-state index in [4.69, 9.17) is 15.1 Å². The number of nitrogens with zero attached hydrogens (tertiary/aromatic N) is 3. The second-order valence-corrected chi connectivity index (χ2v) is 6.21. The predicted molar refractivity (Wildman–Crippen MR) is 93.6 cm³/mol. The number of nitrogens with one attached hydrogen (secondary N) is 1. The summed E-state index contributed by atoms with van der Waals surface area (Å²) >= 11 is 1.05. The molecule has 0 bridgehead atoms. The molecule has 1 aromatic carbocycles. The van der Waals surface area contributed by atoms with Crippen LogP contribution >= 0.6 is 11.8 Å². The standard InChI is InChI=1S/C16H16N4O4S/c17-7-1-2-8-24-12-5-3-11(4-6-12)10-18-20-16-19-15(23)13(25-16)9-14(21)22/h3-6,10,13H,1-2,8-9H2,(H,21,22)(H,19,20,23). The van der Waals surface area contributed by atoms with Gasteiger partial charge in [0, 0.05) is 6.42 Å². The van der Waals surface area contributed by atoms with Gasteiger partial charge < -0.3 is 15.2 Å². The maximum Gasteiger partial charge on any atom is 0.305 e. The van der Waals surface area contributed by atoms with Crippen molar-refractivity contribution in [3.05, 3.63) is 29.8 Å². The van der Waals surface area contributed by atoms with Gasteiger partial charge in [0.15, 0.2) is 5.17 Å². The van der Waals surface area contributed by atoms with Gasteiger partial charge in [0.2, 0.25) is 5.91 Å². The maximum atomic E-state index is 11.6. The van der Waals surface area contributed by atoms with Crippen LogP contribution in [-0.4, -0.2) is 40.2 Å². The highest BCUT2D eigenvalue weighted by molar-refractivity contribution is 8.15. The van der Waals surface area contributed by atoms with Crippen LogP contribution in [0.3, 0.4) is 0 Å². The summed E-state index contributed by atoms with van der Waals surface area (Å²) in [6.07, 6.45) is 2.41. The molecule has 1 fully saturated rings. The number of ether oxygens (including phenoxy) is 1. The summed E-state index contributed by atoms with van der Waals surface area (Å²) in [7, 11) is 0. The second-order valence-electron chi connectivity index (χ2n) is 5.02. The van der Waals surface area contributed by atoms with Crippen LogP contribution in [0.5, 0.6) is 5.75 Å². The van der Waals surface area contributed by atoms with Crippen LogP contribution in [0.4, 0.5) is 0 Å².